The van der Waals surface area contributed by atoms with Gasteiger partial charge < -0.3 is 9.80 Å². The lowest BCUT2D eigenvalue weighted by Gasteiger charge is -2.35. The Balaban J connectivity index is 1.27. The molecule has 1 aliphatic rings. The summed E-state index contributed by atoms with van der Waals surface area (Å²) >= 11 is 0. The van der Waals surface area contributed by atoms with E-state index in [2.05, 4.69) is 20.0 Å². The Morgan fingerprint density at radius 1 is 1.00 bits per heavy atom. The first-order chi connectivity index (χ1) is 13.3. The van der Waals surface area contributed by atoms with E-state index in [-0.39, 0.29) is 5.91 Å². The molecule has 1 fully saturated rings. The third-order valence-corrected chi connectivity index (χ3v) is 4.79. The zero-order valence-corrected chi connectivity index (χ0v) is 15.1. The van der Waals surface area contributed by atoms with E-state index >= 15 is 0 Å². The molecule has 7 nitrogen and oxygen atoms in total. The summed E-state index contributed by atoms with van der Waals surface area (Å²) in [5.74, 6) is 1.07. The lowest BCUT2D eigenvalue weighted by Crippen LogP contribution is -2.49. The standard InChI is InChI=1S/C20H22N6O/c27-20(25-12-10-24(11-13-25)19-15-21-8-9-22-19)7-6-17-14-23-26(16-17)18-4-2-1-3-5-18/h1-5,8-9,14-16H,6-7,10-13H2. The van der Waals surface area contributed by atoms with Gasteiger partial charge in [-0.3, -0.25) is 9.78 Å². The average Bonchev–Trinajstić information content (AvgIpc) is 3.22. The molecule has 3 aromatic rings. The summed E-state index contributed by atoms with van der Waals surface area (Å²) in [6, 6.07) is 9.98. The van der Waals surface area contributed by atoms with Gasteiger partial charge >= 0.3 is 0 Å². The van der Waals surface area contributed by atoms with Crippen LogP contribution in [-0.2, 0) is 11.2 Å². The maximum absolute atomic E-state index is 12.5. The second kappa shape index (κ2) is 7.99. The van der Waals surface area contributed by atoms with Crippen LogP contribution in [0.4, 0.5) is 5.82 Å². The number of anilines is 1. The number of carbonyl (C=O) groups excluding carboxylic acids is 1. The predicted molar refractivity (Wildman–Crippen MR) is 103 cm³/mol. The van der Waals surface area contributed by atoms with Gasteiger partial charge in [0, 0.05) is 51.2 Å². The van der Waals surface area contributed by atoms with E-state index in [4.69, 9.17) is 0 Å². The van der Waals surface area contributed by atoms with Gasteiger partial charge in [0.05, 0.1) is 18.1 Å². The molecule has 0 N–H and O–H groups in total. The van der Waals surface area contributed by atoms with E-state index in [0.29, 0.717) is 12.8 Å². The van der Waals surface area contributed by atoms with Gasteiger partial charge in [-0.15, -0.1) is 0 Å². The first kappa shape index (κ1) is 17.2. The van der Waals surface area contributed by atoms with E-state index < -0.39 is 0 Å². The second-order valence-corrected chi connectivity index (χ2v) is 6.56. The number of amides is 1. The minimum atomic E-state index is 0.196. The van der Waals surface area contributed by atoms with Crippen molar-refractivity contribution in [1.29, 1.82) is 0 Å². The van der Waals surface area contributed by atoms with Gasteiger partial charge in [0.15, 0.2) is 0 Å². The van der Waals surface area contributed by atoms with E-state index in [1.165, 1.54) is 0 Å². The van der Waals surface area contributed by atoms with E-state index in [1.807, 2.05) is 52.3 Å². The number of hydrogen-bond donors (Lipinski definition) is 0. The van der Waals surface area contributed by atoms with Gasteiger partial charge in [-0.2, -0.15) is 5.10 Å². The van der Waals surface area contributed by atoms with Crippen molar-refractivity contribution < 1.29 is 4.79 Å². The molecule has 4 rings (SSSR count). The number of nitrogens with zero attached hydrogens (tertiary/aromatic N) is 6. The van der Waals surface area contributed by atoms with Gasteiger partial charge in [-0.1, -0.05) is 18.2 Å². The molecule has 0 unspecified atom stereocenters. The molecule has 3 heterocycles. The predicted octanol–water partition coefficient (Wildman–Crippen LogP) is 1.94. The highest BCUT2D eigenvalue weighted by Crippen LogP contribution is 2.14. The highest BCUT2D eigenvalue weighted by molar-refractivity contribution is 5.76. The molecule has 0 radical (unpaired) electrons. The van der Waals surface area contributed by atoms with Gasteiger partial charge in [-0.25, -0.2) is 9.67 Å². The Morgan fingerprint density at radius 2 is 1.81 bits per heavy atom. The second-order valence-electron chi connectivity index (χ2n) is 6.56. The van der Waals surface area contributed by atoms with Crippen LogP contribution in [0.1, 0.15) is 12.0 Å². The summed E-state index contributed by atoms with van der Waals surface area (Å²) in [4.78, 5) is 25.1. The molecule has 0 bridgehead atoms. The van der Waals surface area contributed by atoms with Crippen molar-refractivity contribution in [3.05, 3.63) is 66.9 Å². The van der Waals surface area contributed by atoms with Crippen LogP contribution >= 0.6 is 0 Å². The van der Waals surface area contributed by atoms with Crippen molar-refractivity contribution in [2.24, 2.45) is 0 Å². The van der Waals surface area contributed by atoms with Crippen LogP contribution in [0.3, 0.4) is 0 Å². The molecule has 1 aromatic carbocycles. The number of para-hydroxylation sites is 1. The molecule has 2 aromatic heterocycles. The smallest absolute Gasteiger partial charge is 0.223 e. The zero-order chi connectivity index (χ0) is 18.5. The highest BCUT2D eigenvalue weighted by atomic mass is 16.2. The molecule has 0 aliphatic carbocycles. The fourth-order valence-corrected chi connectivity index (χ4v) is 3.26. The number of hydrogen-bond acceptors (Lipinski definition) is 5. The molecule has 1 saturated heterocycles. The van der Waals surface area contributed by atoms with Gasteiger partial charge in [0.1, 0.15) is 5.82 Å². The summed E-state index contributed by atoms with van der Waals surface area (Å²) < 4.78 is 1.85. The topological polar surface area (TPSA) is 67.2 Å². The molecule has 1 aliphatic heterocycles. The summed E-state index contributed by atoms with van der Waals surface area (Å²) in [5, 5.41) is 4.39. The molecule has 7 heteroatoms. The quantitative estimate of drug-likeness (QED) is 0.694. The lowest BCUT2D eigenvalue weighted by molar-refractivity contribution is -0.131. The van der Waals surface area contributed by atoms with Crippen molar-refractivity contribution in [2.45, 2.75) is 12.8 Å². The molecular weight excluding hydrogens is 340 g/mol. The summed E-state index contributed by atoms with van der Waals surface area (Å²) in [5.41, 5.74) is 2.10. The van der Waals surface area contributed by atoms with Crippen LogP contribution in [0.2, 0.25) is 0 Å². The molecule has 0 spiro atoms. The maximum Gasteiger partial charge on any atom is 0.223 e. The monoisotopic (exact) mass is 362 g/mol. The third kappa shape index (κ3) is 4.13. The SMILES string of the molecule is O=C(CCc1cnn(-c2ccccc2)c1)N1CCN(c2cnccn2)CC1. The first-order valence-corrected chi connectivity index (χ1v) is 9.17. The number of rotatable bonds is 5. The lowest BCUT2D eigenvalue weighted by atomic mass is 10.1. The molecular formula is C20H22N6O. The van der Waals surface area contributed by atoms with Gasteiger partial charge in [0.25, 0.3) is 0 Å². The summed E-state index contributed by atoms with van der Waals surface area (Å²) in [6.07, 6.45) is 10.2. The minimum Gasteiger partial charge on any atom is -0.352 e. The normalized spacial score (nSPS) is 14.4. The molecule has 27 heavy (non-hydrogen) atoms. The number of piperazine rings is 1. The Hall–Kier alpha value is -3.22. The third-order valence-electron chi connectivity index (χ3n) is 4.79. The Labute approximate surface area is 158 Å². The average molecular weight is 362 g/mol. The van der Waals surface area contributed by atoms with Crippen LogP contribution in [0, 0.1) is 0 Å². The fraction of sp³-hybridized carbons (Fsp3) is 0.300. The molecule has 0 atom stereocenters. The Kier molecular flexibility index (Phi) is 5.09. The van der Waals surface area contributed by atoms with Crippen molar-refractivity contribution in [2.75, 3.05) is 31.1 Å². The molecule has 138 valence electrons. The van der Waals surface area contributed by atoms with E-state index in [1.54, 1.807) is 18.6 Å². The first-order valence-electron chi connectivity index (χ1n) is 9.17. The number of aromatic nitrogens is 4. The van der Waals surface area contributed by atoms with Crippen molar-refractivity contribution in [1.82, 2.24) is 24.6 Å². The number of aryl methyl sites for hydroxylation is 1. The van der Waals surface area contributed by atoms with Gasteiger partial charge in [0.2, 0.25) is 5.91 Å². The number of carbonyl (C=O) groups is 1. The molecule has 1 amide bonds. The highest BCUT2D eigenvalue weighted by Gasteiger charge is 2.21. The van der Waals surface area contributed by atoms with Crippen LogP contribution < -0.4 is 4.90 Å². The zero-order valence-electron chi connectivity index (χ0n) is 15.1. The van der Waals surface area contributed by atoms with Crippen LogP contribution in [0.5, 0.6) is 0 Å². The van der Waals surface area contributed by atoms with E-state index in [0.717, 1.165) is 43.2 Å². The molecule has 0 saturated carbocycles. The van der Waals surface area contributed by atoms with Crippen LogP contribution in [0.15, 0.2) is 61.3 Å². The van der Waals surface area contributed by atoms with E-state index in [9.17, 15) is 4.79 Å². The van der Waals surface area contributed by atoms with Crippen molar-refractivity contribution >= 4 is 11.7 Å². The summed E-state index contributed by atoms with van der Waals surface area (Å²) in [7, 11) is 0. The maximum atomic E-state index is 12.5. The van der Waals surface area contributed by atoms with Crippen molar-refractivity contribution in [3.63, 3.8) is 0 Å². The Morgan fingerprint density at radius 3 is 2.56 bits per heavy atom. The van der Waals surface area contributed by atoms with Crippen molar-refractivity contribution in [3.8, 4) is 5.69 Å². The Bertz CT molecular complexity index is 872. The summed E-state index contributed by atoms with van der Waals surface area (Å²) in [6.45, 7) is 3.02. The largest absolute Gasteiger partial charge is 0.352 e. The van der Waals surface area contributed by atoms with Gasteiger partial charge in [-0.05, 0) is 24.1 Å². The fourth-order valence-electron chi connectivity index (χ4n) is 3.26. The van der Waals surface area contributed by atoms with Crippen LogP contribution in [0.25, 0.3) is 5.69 Å². The van der Waals surface area contributed by atoms with Crippen LogP contribution in [-0.4, -0.2) is 56.7 Å². The minimum absolute atomic E-state index is 0.196. The number of benzene rings is 1.